The number of aliphatic hydroxyl groups is 1. The van der Waals surface area contributed by atoms with E-state index in [2.05, 4.69) is 0 Å². The van der Waals surface area contributed by atoms with Crippen LogP contribution in [0.2, 0.25) is 10.0 Å². The summed E-state index contributed by atoms with van der Waals surface area (Å²) in [6.07, 6.45) is 0.113. The number of hydrogen-bond acceptors (Lipinski definition) is 5. The van der Waals surface area contributed by atoms with Crippen molar-refractivity contribution in [3.05, 3.63) is 69.7 Å². The third-order valence-electron chi connectivity index (χ3n) is 4.68. The fraction of sp³-hybridized carbons (Fsp3) is 0.350. The average Bonchev–Trinajstić information content (AvgIpc) is 2.63. The second kappa shape index (κ2) is 7.78. The lowest BCUT2D eigenvalue weighted by Crippen LogP contribution is -2.53. The Balaban J connectivity index is 2.11. The minimum absolute atomic E-state index is 0.113. The van der Waals surface area contributed by atoms with Crippen LogP contribution in [0.25, 0.3) is 0 Å². The predicted molar refractivity (Wildman–Crippen MR) is 101 cm³/mol. The van der Waals surface area contributed by atoms with Crippen LogP contribution in [0.5, 0.6) is 0 Å². The van der Waals surface area contributed by atoms with E-state index in [0.717, 1.165) is 11.1 Å². The predicted octanol–water partition coefficient (Wildman–Crippen LogP) is 4.48. The lowest BCUT2D eigenvalue weighted by atomic mass is 9.76. The fourth-order valence-corrected chi connectivity index (χ4v) is 3.46. The molecule has 3 rings (SSSR count). The molecule has 1 aliphatic heterocycles. The van der Waals surface area contributed by atoms with Gasteiger partial charge in [-0.3, -0.25) is 4.79 Å². The van der Waals surface area contributed by atoms with E-state index in [0.29, 0.717) is 10.0 Å². The molecule has 1 saturated heterocycles. The molecule has 5 nitrogen and oxygen atoms in total. The first kappa shape index (κ1) is 20.1. The summed E-state index contributed by atoms with van der Waals surface area (Å²) in [5, 5.41) is 11.7. The summed E-state index contributed by atoms with van der Waals surface area (Å²) < 4.78 is 5.14. The number of hydrogen-bond donors (Lipinski definition) is 1. The van der Waals surface area contributed by atoms with Crippen LogP contribution in [-0.4, -0.2) is 23.5 Å². The van der Waals surface area contributed by atoms with E-state index < -0.39 is 23.3 Å². The van der Waals surface area contributed by atoms with E-state index in [9.17, 15) is 9.90 Å². The van der Waals surface area contributed by atoms with Gasteiger partial charge in [0.2, 0.25) is 5.79 Å². The van der Waals surface area contributed by atoms with Gasteiger partial charge in [-0.2, -0.15) is 4.89 Å². The molecule has 1 fully saturated rings. The molecule has 144 valence electrons. The molecule has 1 aliphatic rings. The van der Waals surface area contributed by atoms with Gasteiger partial charge in [0.1, 0.15) is 5.92 Å². The maximum atomic E-state index is 12.5. The van der Waals surface area contributed by atoms with Crippen LogP contribution in [0.3, 0.4) is 0 Å². The van der Waals surface area contributed by atoms with E-state index in [1.807, 2.05) is 0 Å². The van der Waals surface area contributed by atoms with Crippen molar-refractivity contribution in [2.45, 2.75) is 31.7 Å². The van der Waals surface area contributed by atoms with Crippen LogP contribution in [0, 0.1) is 5.92 Å². The number of esters is 1. The maximum absolute atomic E-state index is 12.5. The van der Waals surface area contributed by atoms with Gasteiger partial charge in [-0.1, -0.05) is 47.5 Å². The molecule has 2 unspecified atom stereocenters. The number of benzene rings is 2. The second-order valence-electron chi connectivity index (χ2n) is 6.57. The summed E-state index contributed by atoms with van der Waals surface area (Å²) in [7, 11) is 0. The Bertz CT molecular complexity index is 757. The van der Waals surface area contributed by atoms with E-state index >= 15 is 0 Å². The highest BCUT2D eigenvalue weighted by Crippen LogP contribution is 2.47. The Hall–Kier alpha value is -1.63. The molecular weight excluding hydrogens is 391 g/mol. The first-order valence-electron chi connectivity index (χ1n) is 8.56. The Labute approximate surface area is 167 Å². The average molecular weight is 411 g/mol. The van der Waals surface area contributed by atoms with Crippen LogP contribution >= 0.6 is 23.2 Å². The van der Waals surface area contributed by atoms with Gasteiger partial charge in [-0.25, -0.2) is 4.89 Å². The van der Waals surface area contributed by atoms with Crippen LogP contribution in [0.15, 0.2) is 48.5 Å². The summed E-state index contributed by atoms with van der Waals surface area (Å²) in [5.74, 6) is -3.34. The second-order valence-corrected chi connectivity index (χ2v) is 7.44. The van der Waals surface area contributed by atoms with Crippen LogP contribution in [0.1, 0.15) is 31.4 Å². The van der Waals surface area contributed by atoms with Crippen LogP contribution < -0.4 is 0 Å². The zero-order chi connectivity index (χ0) is 19.7. The molecule has 0 aliphatic carbocycles. The van der Waals surface area contributed by atoms with Gasteiger partial charge in [0.25, 0.3) is 0 Å². The topological polar surface area (TPSA) is 65.0 Å². The van der Waals surface area contributed by atoms with Crippen LogP contribution in [-0.2, 0) is 24.9 Å². The normalized spacial score (nSPS) is 24.4. The van der Waals surface area contributed by atoms with Gasteiger partial charge in [0, 0.05) is 16.5 Å². The highest BCUT2D eigenvalue weighted by Gasteiger charge is 2.54. The summed E-state index contributed by atoms with van der Waals surface area (Å²) in [6.45, 7) is 3.28. The fourth-order valence-electron chi connectivity index (χ4n) is 3.21. The molecule has 0 aromatic heterocycles. The number of rotatable bonds is 4. The largest absolute Gasteiger partial charge is 0.466 e. The highest BCUT2D eigenvalue weighted by molar-refractivity contribution is 6.30. The molecule has 2 aromatic carbocycles. The van der Waals surface area contributed by atoms with Gasteiger partial charge in [0.15, 0.2) is 5.60 Å². The minimum atomic E-state index is -1.82. The van der Waals surface area contributed by atoms with Crippen molar-refractivity contribution in [1.29, 1.82) is 0 Å². The molecule has 2 atom stereocenters. The molecule has 1 heterocycles. The smallest absolute Gasteiger partial charge is 0.314 e. The van der Waals surface area contributed by atoms with Crippen molar-refractivity contribution >= 4 is 29.2 Å². The van der Waals surface area contributed by atoms with Crippen molar-refractivity contribution in [1.82, 2.24) is 0 Å². The first-order chi connectivity index (χ1) is 12.8. The molecule has 0 radical (unpaired) electrons. The quantitative estimate of drug-likeness (QED) is 0.594. The number of carbonyl (C=O) groups excluding carboxylic acids is 1. The van der Waals surface area contributed by atoms with Crippen molar-refractivity contribution in [3.8, 4) is 0 Å². The van der Waals surface area contributed by atoms with E-state index in [1.54, 1.807) is 55.5 Å². The Morgan fingerprint density at radius 2 is 1.56 bits per heavy atom. The summed E-state index contributed by atoms with van der Waals surface area (Å²) >= 11 is 12.0. The van der Waals surface area contributed by atoms with Crippen molar-refractivity contribution in [2.75, 3.05) is 6.61 Å². The van der Waals surface area contributed by atoms with Crippen molar-refractivity contribution in [2.24, 2.45) is 5.92 Å². The molecule has 0 bridgehead atoms. The lowest BCUT2D eigenvalue weighted by molar-refractivity contribution is -0.489. The number of carbonyl (C=O) groups is 1. The molecule has 7 heteroatoms. The van der Waals surface area contributed by atoms with E-state index in [4.69, 9.17) is 37.7 Å². The zero-order valence-corrected chi connectivity index (χ0v) is 16.5. The van der Waals surface area contributed by atoms with Gasteiger partial charge in [-0.15, -0.1) is 0 Å². The van der Waals surface area contributed by atoms with Crippen molar-refractivity contribution < 1.29 is 24.4 Å². The standard InChI is InChI=1S/C20H20Cl2O5/c1-3-25-18(23)17-12-20(27-26-19(17,2)24,13-4-8-15(21)9-5-13)14-6-10-16(22)11-7-14/h4-11,17,24H,3,12H2,1-2H3. The lowest BCUT2D eigenvalue weighted by Gasteiger charge is -2.45. The number of halogens is 2. The van der Waals surface area contributed by atoms with Crippen molar-refractivity contribution in [3.63, 3.8) is 0 Å². The Morgan fingerprint density at radius 1 is 1.07 bits per heavy atom. The summed E-state index contributed by atoms with van der Waals surface area (Å²) in [6, 6.07) is 14.1. The van der Waals surface area contributed by atoms with Crippen LogP contribution in [0.4, 0.5) is 0 Å². The molecular formula is C20H20Cl2O5. The molecule has 2 aromatic rings. The van der Waals surface area contributed by atoms with Gasteiger partial charge < -0.3 is 9.84 Å². The highest BCUT2D eigenvalue weighted by atomic mass is 35.5. The van der Waals surface area contributed by atoms with E-state index in [-0.39, 0.29) is 13.0 Å². The Morgan fingerprint density at radius 3 is 2.00 bits per heavy atom. The molecule has 0 saturated carbocycles. The molecule has 1 N–H and O–H groups in total. The monoisotopic (exact) mass is 410 g/mol. The SMILES string of the molecule is CCOC(=O)C1CC(c2ccc(Cl)cc2)(c2ccc(Cl)cc2)OOC1(C)O. The van der Waals surface area contributed by atoms with Gasteiger partial charge in [0.05, 0.1) is 6.61 Å². The van der Waals surface area contributed by atoms with E-state index in [1.165, 1.54) is 6.92 Å². The third-order valence-corrected chi connectivity index (χ3v) is 5.19. The zero-order valence-electron chi connectivity index (χ0n) is 14.9. The molecule has 27 heavy (non-hydrogen) atoms. The Kier molecular flexibility index (Phi) is 5.79. The van der Waals surface area contributed by atoms with Gasteiger partial charge >= 0.3 is 5.97 Å². The molecule has 0 amide bonds. The number of ether oxygens (including phenoxy) is 1. The maximum Gasteiger partial charge on any atom is 0.314 e. The summed E-state index contributed by atoms with van der Waals surface area (Å²) in [5.41, 5.74) is 0.299. The van der Waals surface area contributed by atoms with Gasteiger partial charge in [-0.05, 0) is 49.2 Å². The summed E-state index contributed by atoms with van der Waals surface area (Å²) in [4.78, 5) is 23.6. The molecule has 0 spiro atoms. The minimum Gasteiger partial charge on any atom is -0.466 e. The first-order valence-corrected chi connectivity index (χ1v) is 9.32. The third kappa shape index (κ3) is 3.98.